The summed E-state index contributed by atoms with van der Waals surface area (Å²) >= 11 is 0. The van der Waals surface area contributed by atoms with Crippen LogP contribution in [-0.2, 0) is 16.0 Å². The SMILES string of the molecule is COC1CN(c2ccc(CNC(C)C)cc2F)CC1OC. The van der Waals surface area contributed by atoms with Crippen LogP contribution in [-0.4, -0.2) is 45.6 Å². The first-order chi connectivity index (χ1) is 10.0. The number of hydrogen-bond donors (Lipinski definition) is 1. The molecule has 21 heavy (non-hydrogen) atoms. The predicted octanol–water partition coefficient (Wildman–Crippen LogP) is 2.17. The molecule has 1 N–H and O–H groups in total. The van der Waals surface area contributed by atoms with Crippen molar-refractivity contribution in [1.82, 2.24) is 5.32 Å². The number of rotatable bonds is 6. The van der Waals surface area contributed by atoms with Crippen LogP contribution >= 0.6 is 0 Å². The molecule has 0 aromatic heterocycles. The number of anilines is 1. The summed E-state index contributed by atoms with van der Waals surface area (Å²) in [6.45, 7) is 6.12. The Bertz CT molecular complexity index is 456. The zero-order chi connectivity index (χ0) is 15.4. The Morgan fingerprint density at radius 1 is 1.24 bits per heavy atom. The van der Waals surface area contributed by atoms with E-state index in [0.29, 0.717) is 31.4 Å². The predicted molar refractivity (Wildman–Crippen MR) is 82.2 cm³/mol. The maximum absolute atomic E-state index is 14.3. The summed E-state index contributed by atoms with van der Waals surface area (Å²) in [5.41, 5.74) is 1.57. The second-order valence-corrected chi connectivity index (χ2v) is 5.77. The zero-order valence-corrected chi connectivity index (χ0v) is 13.2. The van der Waals surface area contributed by atoms with Gasteiger partial charge in [0.25, 0.3) is 0 Å². The van der Waals surface area contributed by atoms with Crippen LogP contribution in [0.5, 0.6) is 0 Å². The summed E-state index contributed by atoms with van der Waals surface area (Å²) in [6, 6.07) is 5.80. The molecule has 0 spiro atoms. The lowest BCUT2D eigenvalue weighted by Gasteiger charge is -2.19. The topological polar surface area (TPSA) is 33.7 Å². The van der Waals surface area contributed by atoms with Gasteiger partial charge in [0.05, 0.1) is 5.69 Å². The minimum Gasteiger partial charge on any atom is -0.377 e. The van der Waals surface area contributed by atoms with E-state index in [2.05, 4.69) is 19.2 Å². The van der Waals surface area contributed by atoms with E-state index < -0.39 is 0 Å². The Labute approximate surface area is 126 Å². The molecule has 0 bridgehead atoms. The average molecular weight is 296 g/mol. The highest BCUT2D eigenvalue weighted by Crippen LogP contribution is 2.26. The van der Waals surface area contributed by atoms with Gasteiger partial charge in [0, 0.05) is 39.9 Å². The highest BCUT2D eigenvalue weighted by molar-refractivity contribution is 5.50. The first-order valence-corrected chi connectivity index (χ1v) is 7.37. The van der Waals surface area contributed by atoms with Gasteiger partial charge in [-0.2, -0.15) is 0 Å². The smallest absolute Gasteiger partial charge is 0.146 e. The van der Waals surface area contributed by atoms with Crippen molar-refractivity contribution in [2.75, 3.05) is 32.2 Å². The molecule has 1 fully saturated rings. The van der Waals surface area contributed by atoms with Crippen LogP contribution in [0.2, 0.25) is 0 Å². The molecule has 2 atom stereocenters. The summed E-state index contributed by atoms with van der Waals surface area (Å²) in [5, 5.41) is 3.29. The number of methoxy groups -OCH3 is 2. The largest absolute Gasteiger partial charge is 0.377 e. The molecule has 5 heteroatoms. The van der Waals surface area contributed by atoms with Gasteiger partial charge in [-0.15, -0.1) is 0 Å². The quantitative estimate of drug-likeness (QED) is 0.872. The lowest BCUT2D eigenvalue weighted by Crippen LogP contribution is -2.27. The molecule has 4 nitrogen and oxygen atoms in total. The average Bonchev–Trinajstić information content (AvgIpc) is 2.88. The Balaban J connectivity index is 2.07. The van der Waals surface area contributed by atoms with E-state index in [1.54, 1.807) is 20.3 Å². The van der Waals surface area contributed by atoms with E-state index in [1.165, 1.54) is 0 Å². The lowest BCUT2D eigenvalue weighted by atomic mass is 10.1. The fourth-order valence-electron chi connectivity index (χ4n) is 2.63. The van der Waals surface area contributed by atoms with Gasteiger partial charge >= 0.3 is 0 Å². The van der Waals surface area contributed by atoms with Gasteiger partial charge in [0.1, 0.15) is 18.0 Å². The normalized spacial score (nSPS) is 22.3. The summed E-state index contributed by atoms with van der Waals surface area (Å²) < 4.78 is 25.1. The van der Waals surface area contributed by atoms with Gasteiger partial charge in [0.15, 0.2) is 0 Å². The number of ether oxygens (including phenoxy) is 2. The molecule has 0 amide bonds. The Morgan fingerprint density at radius 2 is 1.86 bits per heavy atom. The molecule has 1 aromatic rings. The molecule has 1 aromatic carbocycles. The van der Waals surface area contributed by atoms with Crippen LogP contribution in [0.1, 0.15) is 19.4 Å². The van der Waals surface area contributed by atoms with Crippen LogP contribution in [0.4, 0.5) is 10.1 Å². The van der Waals surface area contributed by atoms with Crippen molar-refractivity contribution in [3.05, 3.63) is 29.6 Å². The molecule has 1 saturated heterocycles. The van der Waals surface area contributed by atoms with Crippen LogP contribution in [0.3, 0.4) is 0 Å². The zero-order valence-electron chi connectivity index (χ0n) is 13.2. The Morgan fingerprint density at radius 3 is 2.33 bits per heavy atom. The molecular weight excluding hydrogens is 271 g/mol. The van der Waals surface area contributed by atoms with E-state index >= 15 is 0 Å². The first-order valence-electron chi connectivity index (χ1n) is 7.37. The molecule has 1 aliphatic heterocycles. The lowest BCUT2D eigenvalue weighted by molar-refractivity contribution is -0.00461. The second kappa shape index (κ2) is 7.20. The Hall–Kier alpha value is -1.17. The summed E-state index contributed by atoms with van der Waals surface area (Å²) in [5.74, 6) is -0.190. The van der Waals surface area contributed by atoms with E-state index in [-0.39, 0.29) is 18.0 Å². The molecule has 2 unspecified atom stereocenters. The van der Waals surface area contributed by atoms with E-state index in [9.17, 15) is 4.39 Å². The van der Waals surface area contributed by atoms with Crippen LogP contribution < -0.4 is 10.2 Å². The van der Waals surface area contributed by atoms with E-state index in [1.807, 2.05) is 17.0 Å². The van der Waals surface area contributed by atoms with Gasteiger partial charge < -0.3 is 19.7 Å². The van der Waals surface area contributed by atoms with Crippen molar-refractivity contribution in [2.45, 2.75) is 38.6 Å². The van der Waals surface area contributed by atoms with Crippen molar-refractivity contribution in [3.63, 3.8) is 0 Å². The fraction of sp³-hybridized carbons (Fsp3) is 0.625. The maximum Gasteiger partial charge on any atom is 0.146 e. The molecule has 1 heterocycles. The van der Waals surface area contributed by atoms with Crippen molar-refractivity contribution in [3.8, 4) is 0 Å². The standard InChI is InChI=1S/C16H25FN2O2/c1-11(2)18-8-12-5-6-14(13(17)7-12)19-9-15(20-3)16(10-19)21-4/h5-7,11,15-16,18H,8-10H2,1-4H3. The van der Waals surface area contributed by atoms with Crippen LogP contribution in [0.15, 0.2) is 18.2 Å². The number of hydrogen-bond acceptors (Lipinski definition) is 4. The molecule has 0 aliphatic carbocycles. The third kappa shape index (κ3) is 3.93. The molecule has 118 valence electrons. The molecular formula is C16H25FN2O2. The molecule has 0 radical (unpaired) electrons. The number of nitrogens with one attached hydrogen (secondary N) is 1. The molecule has 1 aliphatic rings. The van der Waals surface area contributed by atoms with E-state index in [0.717, 1.165) is 5.56 Å². The van der Waals surface area contributed by atoms with Crippen LogP contribution in [0.25, 0.3) is 0 Å². The Kier molecular flexibility index (Phi) is 5.56. The van der Waals surface area contributed by atoms with Crippen LogP contribution in [0, 0.1) is 5.82 Å². The van der Waals surface area contributed by atoms with Crippen molar-refractivity contribution in [2.24, 2.45) is 0 Å². The number of benzene rings is 1. The second-order valence-electron chi connectivity index (χ2n) is 5.77. The highest BCUT2D eigenvalue weighted by atomic mass is 19.1. The monoisotopic (exact) mass is 296 g/mol. The van der Waals surface area contributed by atoms with Gasteiger partial charge in [-0.3, -0.25) is 0 Å². The third-order valence-electron chi connectivity index (χ3n) is 3.89. The van der Waals surface area contributed by atoms with Crippen molar-refractivity contribution in [1.29, 1.82) is 0 Å². The first kappa shape index (κ1) is 16.2. The molecule has 2 rings (SSSR count). The van der Waals surface area contributed by atoms with Gasteiger partial charge in [-0.25, -0.2) is 4.39 Å². The minimum atomic E-state index is -0.190. The summed E-state index contributed by atoms with van der Waals surface area (Å²) in [4.78, 5) is 1.98. The maximum atomic E-state index is 14.3. The minimum absolute atomic E-state index is 0.0170. The molecule has 0 saturated carbocycles. The highest BCUT2D eigenvalue weighted by Gasteiger charge is 2.34. The van der Waals surface area contributed by atoms with Crippen molar-refractivity contribution < 1.29 is 13.9 Å². The number of halogens is 1. The van der Waals surface area contributed by atoms with Gasteiger partial charge in [0.2, 0.25) is 0 Å². The van der Waals surface area contributed by atoms with Gasteiger partial charge in [-0.05, 0) is 17.7 Å². The summed E-state index contributed by atoms with van der Waals surface area (Å²) in [6.07, 6.45) is -0.0339. The fourth-order valence-corrected chi connectivity index (χ4v) is 2.63. The summed E-state index contributed by atoms with van der Waals surface area (Å²) in [7, 11) is 3.33. The third-order valence-corrected chi connectivity index (χ3v) is 3.89. The van der Waals surface area contributed by atoms with E-state index in [4.69, 9.17) is 9.47 Å². The number of nitrogens with zero attached hydrogens (tertiary/aromatic N) is 1. The van der Waals surface area contributed by atoms with Crippen molar-refractivity contribution >= 4 is 5.69 Å². The van der Waals surface area contributed by atoms with Gasteiger partial charge in [-0.1, -0.05) is 19.9 Å².